The van der Waals surface area contributed by atoms with E-state index in [9.17, 15) is 18.0 Å². The smallest absolute Gasteiger partial charge is 0.451 e. The molecule has 0 amide bonds. The van der Waals surface area contributed by atoms with Gasteiger partial charge in [0, 0.05) is 18.0 Å². The number of aromatic nitrogens is 5. The molecular formula is C23H21F3N6O3S. The molecule has 1 aromatic carbocycles. The highest BCUT2D eigenvalue weighted by molar-refractivity contribution is 7.18. The van der Waals surface area contributed by atoms with E-state index in [1.807, 2.05) is 11.0 Å². The van der Waals surface area contributed by atoms with Crippen LogP contribution in [0, 0.1) is 0 Å². The number of nitrogens with zero attached hydrogens (tertiary/aromatic N) is 6. The van der Waals surface area contributed by atoms with E-state index in [-0.39, 0.29) is 31.5 Å². The number of fused-ring (bicyclic) bond motifs is 2. The van der Waals surface area contributed by atoms with E-state index in [1.165, 1.54) is 24.5 Å². The zero-order valence-corrected chi connectivity index (χ0v) is 20.2. The SMILES string of the molecule is CCCc1cc2c(N3CCn4c(nnc4C(F)(F)F)C3)nc(Oc3cccc(C(=O)OC)c3)nc2s1. The van der Waals surface area contributed by atoms with Gasteiger partial charge in [-0.05, 0) is 30.7 Å². The van der Waals surface area contributed by atoms with Crippen LogP contribution in [0.5, 0.6) is 11.8 Å². The molecule has 0 unspecified atom stereocenters. The second-order valence-electron chi connectivity index (χ2n) is 8.14. The third-order valence-electron chi connectivity index (χ3n) is 5.67. The predicted octanol–water partition coefficient (Wildman–Crippen LogP) is 4.85. The van der Waals surface area contributed by atoms with Crippen LogP contribution < -0.4 is 9.64 Å². The molecule has 0 aliphatic carbocycles. The Kier molecular flexibility index (Phi) is 6.24. The van der Waals surface area contributed by atoms with Gasteiger partial charge in [-0.2, -0.15) is 23.1 Å². The standard InChI is InChI=1S/C23H21F3N6O3S/c1-3-5-15-11-16-18(31-8-9-32-17(12-31)29-30-21(32)23(24,25)26)27-22(28-19(16)36-15)35-14-7-4-6-13(10-14)20(33)34-2/h4,6-7,10-11H,3,5,8-9,12H2,1-2H3. The Morgan fingerprint density at radius 3 is 2.75 bits per heavy atom. The predicted molar refractivity (Wildman–Crippen MR) is 125 cm³/mol. The quantitative estimate of drug-likeness (QED) is 0.334. The summed E-state index contributed by atoms with van der Waals surface area (Å²) in [6, 6.07) is 8.52. The number of hydrogen-bond acceptors (Lipinski definition) is 9. The highest BCUT2D eigenvalue weighted by Gasteiger charge is 2.39. The molecular weight excluding hydrogens is 497 g/mol. The summed E-state index contributed by atoms with van der Waals surface area (Å²) in [5.74, 6) is -0.407. The molecule has 0 fully saturated rings. The summed E-state index contributed by atoms with van der Waals surface area (Å²) >= 11 is 1.52. The van der Waals surface area contributed by atoms with Crippen LogP contribution in [0.1, 0.15) is 40.2 Å². The molecule has 0 saturated carbocycles. The molecule has 0 atom stereocenters. The number of ether oxygens (including phenoxy) is 2. The molecule has 13 heteroatoms. The van der Waals surface area contributed by atoms with Gasteiger partial charge in [0.15, 0.2) is 5.82 Å². The average Bonchev–Trinajstić information content (AvgIpc) is 3.46. The zero-order chi connectivity index (χ0) is 25.4. The van der Waals surface area contributed by atoms with Crippen molar-refractivity contribution in [2.45, 2.75) is 39.0 Å². The van der Waals surface area contributed by atoms with Gasteiger partial charge >= 0.3 is 18.2 Å². The highest BCUT2D eigenvalue weighted by atomic mass is 32.1. The first kappa shape index (κ1) is 24.0. The molecule has 3 aromatic heterocycles. The molecule has 0 radical (unpaired) electrons. The number of anilines is 1. The lowest BCUT2D eigenvalue weighted by Crippen LogP contribution is -2.36. The zero-order valence-electron chi connectivity index (χ0n) is 19.4. The van der Waals surface area contributed by atoms with Gasteiger partial charge in [0.25, 0.3) is 0 Å². The summed E-state index contributed by atoms with van der Waals surface area (Å²) in [4.78, 5) is 24.7. The van der Waals surface area contributed by atoms with E-state index in [0.29, 0.717) is 22.0 Å². The molecule has 0 saturated heterocycles. The van der Waals surface area contributed by atoms with Crippen molar-refractivity contribution in [1.82, 2.24) is 24.7 Å². The third kappa shape index (κ3) is 4.57. The number of methoxy groups -OCH3 is 1. The number of carbonyl (C=O) groups is 1. The first-order chi connectivity index (χ1) is 17.3. The maximum absolute atomic E-state index is 13.3. The molecule has 4 aromatic rings. The Morgan fingerprint density at radius 2 is 2.00 bits per heavy atom. The van der Waals surface area contributed by atoms with Crippen molar-refractivity contribution in [2.75, 3.05) is 18.6 Å². The number of hydrogen-bond donors (Lipinski definition) is 0. The third-order valence-corrected chi connectivity index (χ3v) is 6.76. The topological polar surface area (TPSA) is 95.3 Å². The van der Waals surface area contributed by atoms with Gasteiger partial charge in [-0.3, -0.25) is 0 Å². The molecule has 1 aliphatic rings. The highest BCUT2D eigenvalue weighted by Crippen LogP contribution is 2.36. The molecule has 1 aliphatic heterocycles. The average molecular weight is 519 g/mol. The second-order valence-corrected chi connectivity index (χ2v) is 9.26. The number of halogens is 3. The van der Waals surface area contributed by atoms with Crippen molar-refractivity contribution in [3.63, 3.8) is 0 Å². The molecule has 36 heavy (non-hydrogen) atoms. The fourth-order valence-corrected chi connectivity index (χ4v) is 5.17. The molecule has 4 heterocycles. The van der Waals surface area contributed by atoms with Gasteiger partial charge in [0.1, 0.15) is 16.4 Å². The number of aryl methyl sites for hydroxylation is 1. The molecule has 0 N–H and O–H groups in total. The van der Waals surface area contributed by atoms with E-state index in [0.717, 1.165) is 27.7 Å². The molecule has 9 nitrogen and oxygen atoms in total. The lowest BCUT2D eigenvalue weighted by atomic mass is 10.2. The lowest BCUT2D eigenvalue weighted by molar-refractivity contribution is -0.147. The summed E-state index contributed by atoms with van der Waals surface area (Å²) in [5.41, 5.74) is 0.313. The number of alkyl halides is 3. The van der Waals surface area contributed by atoms with Crippen molar-refractivity contribution in [2.24, 2.45) is 0 Å². The Balaban J connectivity index is 1.52. The fourth-order valence-electron chi connectivity index (χ4n) is 4.05. The number of carbonyl (C=O) groups excluding carboxylic acids is 1. The lowest BCUT2D eigenvalue weighted by Gasteiger charge is -2.29. The molecule has 0 bridgehead atoms. The van der Waals surface area contributed by atoms with E-state index in [2.05, 4.69) is 27.1 Å². The number of esters is 1. The van der Waals surface area contributed by atoms with Crippen LogP contribution in [-0.2, 0) is 30.4 Å². The summed E-state index contributed by atoms with van der Waals surface area (Å²) in [6.45, 7) is 2.52. The maximum atomic E-state index is 13.3. The van der Waals surface area contributed by atoms with Crippen LogP contribution in [0.2, 0.25) is 0 Å². The van der Waals surface area contributed by atoms with Gasteiger partial charge in [0.2, 0.25) is 5.82 Å². The molecule has 188 valence electrons. The van der Waals surface area contributed by atoms with Crippen molar-refractivity contribution >= 4 is 33.3 Å². The Hall–Kier alpha value is -3.74. The molecule has 5 rings (SSSR count). The molecule has 0 spiro atoms. The van der Waals surface area contributed by atoms with Crippen molar-refractivity contribution in [3.8, 4) is 11.8 Å². The number of rotatable bonds is 6. The van der Waals surface area contributed by atoms with Crippen LogP contribution in [0.4, 0.5) is 19.0 Å². The van der Waals surface area contributed by atoms with Gasteiger partial charge < -0.3 is 18.9 Å². The maximum Gasteiger partial charge on any atom is 0.451 e. The van der Waals surface area contributed by atoms with Gasteiger partial charge in [-0.25, -0.2) is 4.79 Å². The first-order valence-electron chi connectivity index (χ1n) is 11.2. The van der Waals surface area contributed by atoms with E-state index >= 15 is 0 Å². The van der Waals surface area contributed by atoms with E-state index in [4.69, 9.17) is 9.47 Å². The van der Waals surface area contributed by atoms with Crippen LogP contribution >= 0.6 is 11.3 Å². The minimum Gasteiger partial charge on any atom is -0.465 e. The van der Waals surface area contributed by atoms with Crippen LogP contribution in [0.25, 0.3) is 10.2 Å². The number of benzene rings is 1. The summed E-state index contributed by atoms with van der Waals surface area (Å²) in [6.07, 6.45) is -2.76. The van der Waals surface area contributed by atoms with Crippen LogP contribution in [0.3, 0.4) is 0 Å². The Morgan fingerprint density at radius 1 is 1.17 bits per heavy atom. The Bertz CT molecular complexity index is 1430. The van der Waals surface area contributed by atoms with Crippen molar-refractivity contribution < 1.29 is 27.4 Å². The van der Waals surface area contributed by atoms with Gasteiger partial charge in [-0.15, -0.1) is 21.5 Å². The largest absolute Gasteiger partial charge is 0.465 e. The summed E-state index contributed by atoms with van der Waals surface area (Å²) in [7, 11) is 1.29. The number of thiophene rings is 1. The Labute approximate surface area is 207 Å². The van der Waals surface area contributed by atoms with Crippen molar-refractivity contribution in [1.29, 1.82) is 0 Å². The summed E-state index contributed by atoms with van der Waals surface area (Å²) in [5, 5.41) is 7.93. The van der Waals surface area contributed by atoms with E-state index < -0.39 is 18.0 Å². The minimum atomic E-state index is -4.57. The first-order valence-corrected chi connectivity index (χ1v) is 12.0. The monoisotopic (exact) mass is 518 g/mol. The van der Waals surface area contributed by atoms with Gasteiger partial charge in [-0.1, -0.05) is 19.4 Å². The minimum absolute atomic E-state index is 0.0615. The fraction of sp³-hybridized carbons (Fsp3) is 0.348. The normalized spacial score (nSPS) is 13.6. The van der Waals surface area contributed by atoms with Crippen molar-refractivity contribution in [3.05, 3.63) is 52.4 Å². The van der Waals surface area contributed by atoms with Crippen LogP contribution in [0.15, 0.2) is 30.3 Å². The second kappa shape index (κ2) is 9.37. The van der Waals surface area contributed by atoms with Crippen LogP contribution in [-0.4, -0.2) is 44.4 Å². The summed E-state index contributed by atoms with van der Waals surface area (Å²) < 4.78 is 51.6. The van der Waals surface area contributed by atoms with E-state index in [1.54, 1.807) is 18.2 Å². The van der Waals surface area contributed by atoms with Gasteiger partial charge in [0.05, 0.1) is 24.6 Å².